The van der Waals surface area contributed by atoms with Crippen LogP contribution in [0.3, 0.4) is 0 Å². The van der Waals surface area contributed by atoms with Crippen LogP contribution in [0.15, 0.2) is 24.3 Å². The smallest absolute Gasteiger partial charge is 0.0992 e. The SMILES string of the molecule is COC(C)CN(C)c1cccc(C#N)c1. The van der Waals surface area contributed by atoms with Crippen LogP contribution in [-0.4, -0.2) is 26.8 Å². The van der Waals surface area contributed by atoms with Crippen molar-refractivity contribution < 1.29 is 4.74 Å². The highest BCUT2D eigenvalue weighted by Crippen LogP contribution is 2.14. The van der Waals surface area contributed by atoms with Crippen molar-refractivity contribution in [3.05, 3.63) is 29.8 Å². The van der Waals surface area contributed by atoms with Crippen LogP contribution in [0.25, 0.3) is 0 Å². The van der Waals surface area contributed by atoms with E-state index in [0.717, 1.165) is 12.2 Å². The predicted molar refractivity (Wildman–Crippen MR) is 60.9 cm³/mol. The maximum atomic E-state index is 8.78. The third-order valence-corrected chi connectivity index (χ3v) is 2.35. The topological polar surface area (TPSA) is 36.3 Å². The van der Waals surface area contributed by atoms with Crippen LogP contribution in [0.4, 0.5) is 5.69 Å². The number of hydrogen-bond acceptors (Lipinski definition) is 3. The molecule has 0 aromatic heterocycles. The summed E-state index contributed by atoms with van der Waals surface area (Å²) in [5.74, 6) is 0. The van der Waals surface area contributed by atoms with Crippen molar-refractivity contribution in [2.75, 3.05) is 25.6 Å². The Hall–Kier alpha value is -1.53. The summed E-state index contributed by atoms with van der Waals surface area (Å²) in [6.45, 7) is 2.83. The zero-order chi connectivity index (χ0) is 11.3. The number of hydrogen-bond donors (Lipinski definition) is 0. The molecule has 0 radical (unpaired) electrons. The molecule has 0 aliphatic heterocycles. The third-order valence-electron chi connectivity index (χ3n) is 2.35. The molecule has 0 N–H and O–H groups in total. The number of ether oxygens (including phenoxy) is 1. The maximum absolute atomic E-state index is 8.78. The molecule has 0 bridgehead atoms. The second-order valence-electron chi connectivity index (χ2n) is 3.59. The Morgan fingerprint density at radius 1 is 1.53 bits per heavy atom. The maximum Gasteiger partial charge on any atom is 0.0992 e. The van der Waals surface area contributed by atoms with Crippen LogP contribution in [0.5, 0.6) is 0 Å². The molecule has 1 rings (SSSR count). The van der Waals surface area contributed by atoms with Crippen LogP contribution in [0.1, 0.15) is 12.5 Å². The van der Waals surface area contributed by atoms with Crippen LogP contribution >= 0.6 is 0 Å². The molecule has 15 heavy (non-hydrogen) atoms. The van der Waals surface area contributed by atoms with Crippen molar-refractivity contribution in [1.29, 1.82) is 5.26 Å². The van der Waals surface area contributed by atoms with E-state index in [-0.39, 0.29) is 6.10 Å². The molecule has 0 amide bonds. The number of likely N-dealkylation sites (N-methyl/N-ethyl adjacent to an activating group) is 1. The monoisotopic (exact) mass is 204 g/mol. The zero-order valence-electron chi connectivity index (χ0n) is 9.40. The number of rotatable bonds is 4. The first-order valence-electron chi connectivity index (χ1n) is 4.91. The Balaban J connectivity index is 2.73. The minimum atomic E-state index is 0.181. The van der Waals surface area contributed by atoms with Gasteiger partial charge >= 0.3 is 0 Å². The van der Waals surface area contributed by atoms with Gasteiger partial charge in [0.25, 0.3) is 0 Å². The molecule has 1 atom stereocenters. The van der Waals surface area contributed by atoms with Crippen molar-refractivity contribution in [2.24, 2.45) is 0 Å². The summed E-state index contributed by atoms with van der Waals surface area (Å²) in [6.07, 6.45) is 0.181. The summed E-state index contributed by atoms with van der Waals surface area (Å²) >= 11 is 0. The summed E-state index contributed by atoms with van der Waals surface area (Å²) in [5, 5.41) is 8.78. The molecule has 1 aromatic carbocycles. The molecule has 0 heterocycles. The fourth-order valence-corrected chi connectivity index (χ4v) is 1.38. The highest BCUT2D eigenvalue weighted by molar-refractivity contribution is 5.50. The van der Waals surface area contributed by atoms with Gasteiger partial charge in [0.2, 0.25) is 0 Å². The third kappa shape index (κ3) is 3.26. The minimum Gasteiger partial charge on any atom is -0.380 e. The molecule has 1 aromatic rings. The van der Waals surface area contributed by atoms with Crippen molar-refractivity contribution >= 4 is 5.69 Å². The van der Waals surface area contributed by atoms with Gasteiger partial charge in [-0.25, -0.2) is 0 Å². The highest BCUT2D eigenvalue weighted by Gasteiger charge is 2.06. The van der Waals surface area contributed by atoms with E-state index in [0.29, 0.717) is 5.56 Å². The zero-order valence-corrected chi connectivity index (χ0v) is 9.40. The Kier molecular flexibility index (Phi) is 4.14. The molecule has 0 aliphatic rings. The standard InChI is InChI=1S/C12H16N2O/c1-10(15-3)9-14(2)12-6-4-5-11(7-12)8-13/h4-7,10H,9H2,1-3H3. The van der Waals surface area contributed by atoms with Crippen molar-refractivity contribution in [3.8, 4) is 6.07 Å². The van der Waals surface area contributed by atoms with E-state index in [2.05, 4.69) is 11.0 Å². The first kappa shape index (κ1) is 11.5. The fraction of sp³-hybridized carbons (Fsp3) is 0.417. The van der Waals surface area contributed by atoms with Crippen molar-refractivity contribution in [3.63, 3.8) is 0 Å². The van der Waals surface area contributed by atoms with E-state index in [1.807, 2.05) is 32.2 Å². The number of nitriles is 1. The van der Waals surface area contributed by atoms with Gasteiger partial charge in [-0.05, 0) is 25.1 Å². The van der Waals surface area contributed by atoms with Crippen LogP contribution in [0.2, 0.25) is 0 Å². The Bertz CT molecular complexity index is 357. The summed E-state index contributed by atoms with van der Waals surface area (Å²) in [7, 11) is 3.69. The fourth-order valence-electron chi connectivity index (χ4n) is 1.38. The average Bonchev–Trinajstić information content (AvgIpc) is 2.28. The number of anilines is 1. The lowest BCUT2D eigenvalue weighted by Gasteiger charge is -2.22. The van der Waals surface area contributed by atoms with Gasteiger partial charge in [0.15, 0.2) is 0 Å². The summed E-state index contributed by atoms with van der Waals surface area (Å²) in [4.78, 5) is 2.08. The lowest BCUT2D eigenvalue weighted by molar-refractivity contribution is 0.124. The largest absolute Gasteiger partial charge is 0.380 e. The van der Waals surface area contributed by atoms with Crippen LogP contribution < -0.4 is 4.90 Å². The number of nitrogens with zero attached hydrogens (tertiary/aromatic N) is 2. The van der Waals surface area contributed by atoms with Gasteiger partial charge in [0, 0.05) is 26.4 Å². The van der Waals surface area contributed by atoms with E-state index in [9.17, 15) is 0 Å². The van der Waals surface area contributed by atoms with Gasteiger partial charge in [-0.15, -0.1) is 0 Å². The molecule has 0 fully saturated rings. The van der Waals surface area contributed by atoms with Gasteiger partial charge in [-0.3, -0.25) is 0 Å². The Morgan fingerprint density at radius 2 is 2.27 bits per heavy atom. The minimum absolute atomic E-state index is 0.181. The lowest BCUT2D eigenvalue weighted by Crippen LogP contribution is -2.28. The first-order valence-corrected chi connectivity index (χ1v) is 4.91. The highest BCUT2D eigenvalue weighted by atomic mass is 16.5. The number of benzene rings is 1. The van der Waals surface area contributed by atoms with E-state index < -0.39 is 0 Å². The second-order valence-corrected chi connectivity index (χ2v) is 3.59. The van der Waals surface area contributed by atoms with E-state index in [1.165, 1.54) is 0 Å². The normalized spacial score (nSPS) is 11.9. The molecule has 0 spiro atoms. The molecular formula is C12H16N2O. The summed E-state index contributed by atoms with van der Waals surface area (Å²) in [6, 6.07) is 9.69. The number of methoxy groups -OCH3 is 1. The van der Waals surface area contributed by atoms with E-state index in [4.69, 9.17) is 10.00 Å². The molecule has 3 nitrogen and oxygen atoms in total. The van der Waals surface area contributed by atoms with Crippen molar-refractivity contribution in [2.45, 2.75) is 13.0 Å². The Morgan fingerprint density at radius 3 is 2.87 bits per heavy atom. The van der Waals surface area contributed by atoms with E-state index in [1.54, 1.807) is 13.2 Å². The molecule has 80 valence electrons. The molecule has 1 unspecified atom stereocenters. The van der Waals surface area contributed by atoms with Gasteiger partial charge in [0.05, 0.1) is 17.7 Å². The van der Waals surface area contributed by atoms with Gasteiger partial charge in [0.1, 0.15) is 0 Å². The van der Waals surface area contributed by atoms with Crippen LogP contribution in [0, 0.1) is 11.3 Å². The first-order chi connectivity index (χ1) is 7.17. The van der Waals surface area contributed by atoms with Gasteiger partial charge < -0.3 is 9.64 Å². The lowest BCUT2D eigenvalue weighted by atomic mass is 10.2. The van der Waals surface area contributed by atoms with E-state index >= 15 is 0 Å². The second kappa shape index (κ2) is 5.38. The van der Waals surface area contributed by atoms with Crippen molar-refractivity contribution in [1.82, 2.24) is 0 Å². The summed E-state index contributed by atoms with van der Waals surface area (Å²) in [5.41, 5.74) is 1.72. The predicted octanol–water partition coefficient (Wildman–Crippen LogP) is 2.03. The van der Waals surface area contributed by atoms with Gasteiger partial charge in [-0.1, -0.05) is 6.07 Å². The molecule has 0 saturated heterocycles. The molecule has 0 aliphatic carbocycles. The van der Waals surface area contributed by atoms with Gasteiger partial charge in [-0.2, -0.15) is 5.26 Å². The molecule has 3 heteroatoms. The molecule has 0 saturated carbocycles. The quantitative estimate of drug-likeness (QED) is 0.753. The Labute approximate surface area is 90.9 Å². The molecular weight excluding hydrogens is 188 g/mol. The average molecular weight is 204 g/mol. The van der Waals surface area contributed by atoms with Crippen LogP contribution in [-0.2, 0) is 4.74 Å². The summed E-state index contributed by atoms with van der Waals surface area (Å²) < 4.78 is 5.19.